The van der Waals surface area contributed by atoms with Gasteiger partial charge in [-0.1, -0.05) is 19.3 Å². The van der Waals surface area contributed by atoms with E-state index in [1.54, 1.807) is 4.31 Å². The quantitative estimate of drug-likeness (QED) is 0.606. The van der Waals surface area contributed by atoms with Crippen LogP contribution in [-0.2, 0) is 10.0 Å². The van der Waals surface area contributed by atoms with Crippen molar-refractivity contribution in [2.75, 3.05) is 13.1 Å². The van der Waals surface area contributed by atoms with Crippen LogP contribution >= 0.6 is 0 Å². The van der Waals surface area contributed by atoms with Crippen LogP contribution in [0.2, 0.25) is 6.32 Å². The number of hydrogen-bond donors (Lipinski definition) is 3. The molecule has 4 rings (SSSR count). The second kappa shape index (κ2) is 7.00. The fraction of sp³-hybridized carbons (Fsp3) is 1.00. The molecule has 23 heavy (non-hydrogen) atoms. The van der Waals surface area contributed by atoms with Crippen LogP contribution in [0.5, 0.6) is 0 Å². The average Bonchev–Trinajstić information content (AvgIpc) is 2.90. The van der Waals surface area contributed by atoms with E-state index >= 15 is 0 Å². The molecule has 132 valence electrons. The molecule has 6 nitrogen and oxygen atoms in total. The van der Waals surface area contributed by atoms with E-state index in [9.17, 15) is 8.42 Å². The smallest absolute Gasteiger partial charge is 0.427 e. The number of nitrogens with two attached hydrogens (primary N) is 1. The van der Waals surface area contributed by atoms with Gasteiger partial charge in [-0.2, -0.15) is 4.31 Å². The van der Waals surface area contributed by atoms with Gasteiger partial charge in [-0.05, 0) is 49.8 Å². The van der Waals surface area contributed by atoms with E-state index in [1.807, 2.05) is 0 Å². The molecule has 3 aliphatic carbocycles. The Morgan fingerprint density at radius 1 is 1.13 bits per heavy atom. The molecule has 2 bridgehead atoms. The van der Waals surface area contributed by atoms with Crippen molar-refractivity contribution in [1.29, 1.82) is 0 Å². The van der Waals surface area contributed by atoms with Crippen molar-refractivity contribution in [2.45, 2.75) is 62.6 Å². The summed E-state index contributed by atoms with van der Waals surface area (Å²) >= 11 is 0. The molecule has 4 N–H and O–H groups in total. The Kier molecular flexibility index (Phi) is 5.38. The Morgan fingerprint density at radius 2 is 1.83 bits per heavy atom. The summed E-state index contributed by atoms with van der Waals surface area (Å²) < 4.78 is 27.7. The summed E-state index contributed by atoms with van der Waals surface area (Å²) in [5, 5.41) is 17.6. The number of hydrogen-bond acceptors (Lipinski definition) is 5. The zero-order chi connectivity index (χ0) is 16.6. The van der Waals surface area contributed by atoms with E-state index in [0.29, 0.717) is 37.7 Å². The molecular weight excluding hydrogens is 315 g/mol. The summed E-state index contributed by atoms with van der Waals surface area (Å²) in [6.45, 7) is 0.918. The summed E-state index contributed by atoms with van der Waals surface area (Å²) in [6.07, 6.45) is 7.09. The number of rotatable bonds is 6. The van der Waals surface area contributed by atoms with Gasteiger partial charge in [-0.3, -0.25) is 0 Å². The third-order valence-electron chi connectivity index (χ3n) is 6.22. The maximum absolute atomic E-state index is 13.0. The molecule has 0 aromatic carbocycles. The van der Waals surface area contributed by atoms with Gasteiger partial charge in [0.15, 0.2) is 0 Å². The summed E-state index contributed by atoms with van der Waals surface area (Å²) in [5.41, 5.74) is 6.16. The van der Waals surface area contributed by atoms with E-state index in [4.69, 9.17) is 15.8 Å². The van der Waals surface area contributed by atoms with Crippen LogP contribution in [0.1, 0.15) is 44.9 Å². The fourth-order valence-corrected chi connectivity index (χ4v) is 7.24. The molecule has 1 saturated heterocycles. The molecule has 1 heterocycles. The molecule has 0 spiro atoms. The van der Waals surface area contributed by atoms with Crippen molar-refractivity contribution >= 4 is 17.1 Å². The standard InChI is InChI=1S/C15H29BN2O4S/c17-14-10-18(9-13(14)2-1-7-16(19)20)23(21,22)15-8-11-3-5-12(15)6-4-11/h11-15,19-20H,1-10,17H2/t11?,12?,13-,14-,15?/m0/s1. The van der Waals surface area contributed by atoms with Gasteiger partial charge in [0.1, 0.15) is 0 Å². The normalized spacial score (nSPS) is 38.1. The SMILES string of the molecule is N[C@H]1CN(S(=O)(=O)C2CC3CCC2CC3)C[C@@H]1CCCB(O)O. The van der Waals surface area contributed by atoms with Gasteiger partial charge in [0.2, 0.25) is 10.0 Å². The maximum atomic E-state index is 13.0. The van der Waals surface area contributed by atoms with Crippen LogP contribution in [0.4, 0.5) is 0 Å². The fourth-order valence-electron chi connectivity index (χ4n) is 4.80. The monoisotopic (exact) mass is 344 g/mol. The molecule has 4 aliphatic rings. The minimum absolute atomic E-state index is 0.129. The molecule has 3 atom stereocenters. The Bertz CT molecular complexity index is 508. The zero-order valence-corrected chi connectivity index (χ0v) is 14.5. The molecule has 0 radical (unpaired) electrons. The first-order valence-corrected chi connectivity index (χ1v) is 10.5. The van der Waals surface area contributed by atoms with Crippen LogP contribution in [0, 0.1) is 17.8 Å². The van der Waals surface area contributed by atoms with Crippen LogP contribution in [0.25, 0.3) is 0 Å². The first-order chi connectivity index (χ1) is 10.9. The first kappa shape index (κ1) is 17.7. The van der Waals surface area contributed by atoms with Crippen molar-refractivity contribution in [3.8, 4) is 0 Å². The Hall–Kier alpha value is -0.145. The number of fused-ring (bicyclic) bond motifs is 3. The minimum atomic E-state index is -3.25. The van der Waals surface area contributed by atoms with Crippen molar-refractivity contribution in [3.05, 3.63) is 0 Å². The number of sulfonamides is 1. The Morgan fingerprint density at radius 3 is 2.39 bits per heavy atom. The van der Waals surface area contributed by atoms with Crippen molar-refractivity contribution in [3.63, 3.8) is 0 Å². The Labute approximate surface area is 139 Å². The molecule has 4 fully saturated rings. The molecule has 1 aliphatic heterocycles. The highest BCUT2D eigenvalue weighted by Gasteiger charge is 2.47. The van der Waals surface area contributed by atoms with Gasteiger partial charge in [0.25, 0.3) is 0 Å². The maximum Gasteiger partial charge on any atom is 0.451 e. The third kappa shape index (κ3) is 3.76. The summed E-state index contributed by atoms with van der Waals surface area (Å²) in [6, 6.07) is -0.138. The van der Waals surface area contributed by atoms with Gasteiger partial charge in [0.05, 0.1) is 5.25 Å². The van der Waals surface area contributed by atoms with E-state index in [-0.39, 0.29) is 17.2 Å². The lowest BCUT2D eigenvalue weighted by Crippen LogP contribution is -2.47. The molecule has 0 amide bonds. The largest absolute Gasteiger partial charge is 0.451 e. The van der Waals surface area contributed by atoms with Crippen LogP contribution in [0.3, 0.4) is 0 Å². The lowest BCUT2D eigenvalue weighted by molar-refractivity contribution is 0.175. The van der Waals surface area contributed by atoms with E-state index in [2.05, 4.69) is 0 Å². The van der Waals surface area contributed by atoms with E-state index in [0.717, 1.165) is 25.7 Å². The molecule has 0 aromatic heterocycles. The van der Waals surface area contributed by atoms with Crippen molar-refractivity contribution in [1.82, 2.24) is 4.31 Å². The second-order valence-corrected chi connectivity index (χ2v) is 9.90. The summed E-state index contributed by atoms with van der Waals surface area (Å²) in [4.78, 5) is 0. The lowest BCUT2D eigenvalue weighted by Gasteiger charge is -2.43. The predicted molar refractivity (Wildman–Crippen MR) is 90.0 cm³/mol. The minimum Gasteiger partial charge on any atom is -0.427 e. The van der Waals surface area contributed by atoms with E-state index in [1.165, 1.54) is 12.8 Å². The highest BCUT2D eigenvalue weighted by atomic mass is 32.2. The molecule has 3 saturated carbocycles. The zero-order valence-electron chi connectivity index (χ0n) is 13.7. The Balaban J connectivity index is 1.60. The summed E-state index contributed by atoms with van der Waals surface area (Å²) in [5.74, 6) is 1.06. The molecule has 8 heteroatoms. The van der Waals surface area contributed by atoms with E-state index < -0.39 is 17.1 Å². The van der Waals surface area contributed by atoms with Crippen LogP contribution < -0.4 is 5.73 Å². The lowest BCUT2D eigenvalue weighted by atomic mass is 9.70. The predicted octanol–water partition coefficient (Wildman–Crippen LogP) is 0.407. The van der Waals surface area contributed by atoms with Crippen molar-refractivity contribution in [2.24, 2.45) is 23.5 Å². The van der Waals surface area contributed by atoms with Crippen LogP contribution in [-0.4, -0.2) is 54.3 Å². The van der Waals surface area contributed by atoms with Crippen LogP contribution in [0.15, 0.2) is 0 Å². The summed E-state index contributed by atoms with van der Waals surface area (Å²) in [7, 11) is -4.53. The highest BCUT2D eigenvalue weighted by molar-refractivity contribution is 7.89. The topological polar surface area (TPSA) is 104 Å². The highest BCUT2D eigenvalue weighted by Crippen LogP contribution is 2.45. The average molecular weight is 344 g/mol. The van der Waals surface area contributed by atoms with Gasteiger partial charge in [-0.15, -0.1) is 0 Å². The second-order valence-electron chi connectivity index (χ2n) is 7.75. The molecule has 0 aromatic rings. The number of nitrogens with zero attached hydrogens (tertiary/aromatic N) is 1. The van der Waals surface area contributed by atoms with Gasteiger partial charge in [-0.25, -0.2) is 8.42 Å². The first-order valence-electron chi connectivity index (χ1n) is 8.98. The molecular formula is C15H29BN2O4S. The van der Waals surface area contributed by atoms with Gasteiger partial charge >= 0.3 is 7.12 Å². The van der Waals surface area contributed by atoms with Gasteiger partial charge < -0.3 is 15.8 Å². The third-order valence-corrected chi connectivity index (χ3v) is 8.58. The van der Waals surface area contributed by atoms with Gasteiger partial charge in [0, 0.05) is 19.1 Å². The molecule has 1 unspecified atom stereocenters. The van der Waals surface area contributed by atoms with Crippen molar-refractivity contribution < 1.29 is 18.5 Å².